The molecule has 3 rings (SSSR count). The normalized spacial score (nSPS) is 12.2. The van der Waals surface area contributed by atoms with E-state index in [-0.39, 0.29) is 18.0 Å². The maximum atomic E-state index is 13.8. The molecule has 0 saturated carbocycles. The summed E-state index contributed by atoms with van der Waals surface area (Å²) in [5, 5.41) is 0. The molecule has 0 fully saturated rings. The van der Waals surface area contributed by atoms with Crippen LogP contribution in [-0.2, 0) is 27.9 Å². The van der Waals surface area contributed by atoms with Crippen molar-refractivity contribution in [1.82, 2.24) is 4.90 Å². The number of anilines is 1. The summed E-state index contributed by atoms with van der Waals surface area (Å²) >= 11 is 0. The number of halogens is 1. The second kappa shape index (κ2) is 10.4. The topological polar surface area (TPSA) is 57.7 Å². The SMILES string of the molecule is CCC(C(=O)N(Cc1ccccc1)Cc1ccccc1)N(c1ccc(F)cc1)S(C)(=O)=O. The van der Waals surface area contributed by atoms with Crippen LogP contribution < -0.4 is 4.31 Å². The number of hydrogen-bond donors (Lipinski definition) is 0. The van der Waals surface area contributed by atoms with Crippen molar-refractivity contribution in [2.24, 2.45) is 0 Å². The summed E-state index contributed by atoms with van der Waals surface area (Å²) in [6.45, 7) is 2.45. The van der Waals surface area contributed by atoms with Gasteiger partial charge in [-0.25, -0.2) is 12.8 Å². The Morgan fingerprint density at radius 3 is 1.72 bits per heavy atom. The Morgan fingerprint density at radius 2 is 1.31 bits per heavy atom. The third-order valence-electron chi connectivity index (χ3n) is 5.14. The Kier molecular flexibility index (Phi) is 7.64. The van der Waals surface area contributed by atoms with Crippen LogP contribution in [0.25, 0.3) is 0 Å². The van der Waals surface area contributed by atoms with E-state index < -0.39 is 21.9 Å². The number of carbonyl (C=O) groups excluding carboxylic acids is 1. The van der Waals surface area contributed by atoms with E-state index in [1.165, 1.54) is 24.3 Å². The number of benzene rings is 3. The highest BCUT2D eigenvalue weighted by atomic mass is 32.2. The standard InChI is InChI=1S/C25H27FN2O3S/c1-3-24(28(32(2,30)31)23-16-14-22(26)15-17-23)25(29)27(18-20-10-6-4-7-11-20)19-21-12-8-5-9-13-21/h4-17,24H,3,18-19H2,1-2H3. The average Bonchev–Trinajstić information content (AvgIpc) is 2.78. The molecule has 7 heteroatoms. The molecule has 1 unspecified atom stereocenters. The first kappa shape index (κ1) is 23.5. The van der Waals surface area contributed by atoms with Crippen LogP contribution in [0, 0.1) is 5.82 Å². The fourth-order valence-corrected chi connectivity index (χ4v) is 4.87. The Balaban J connectivity index is 1.99. The second-order valence-corrected chi connectivity index (χ2v) is 9.48. The van der Waals surface area contributed by atoms with Gasteiger partial charge >= 0.3 is 0 Å². The molecular weight excluding hydrogens is 427 g/mol. The number of sulfonamides is 1. The van der Waals surface area contributed by atoms with Crippen LogP contribution in [0.5, 0.6) is 0 Å². The van der Waals surface area contributed by atoms with Gasteiger partial charge in [-0.2, -0.15) is 0 Å². The van der Waals surface area contributed by atoms with E-state index >= 15 is 0 Å². The lowest BCUT2D eigenvalue weighted by Crippen LogP contribution is -2.50. The van der Waals surface area contributed by atoms with Crippen molar-refractivity contribution < 1.29 is 17.6 Å². The molecule has 0 bridgehead atoms. The number of rotatable bonds is 9. The van der Waals surface area contributed by atoms with Crippen LogP contribution in [0.3, 0.4) is 0 Å². The van der Waals surface area contributed by atoms with E-state index in [2.05, 4.69) is 0 Å². The van der Waals surface area contributed by atoms with Gasteiger partial charge in [0.2, 0.25) is 15.9 Å². The summed E-state index contributed by atoms with van der Waals surface area (Å²) in [5.41, 5.74) is 2.15. The van der Waals surface area contributed by atoms with Gasteiger partial charge in [0, 0.05) is 13.1 Å². The molecule has 3 aromatic carbocycles. The number of hydrogen-bond acceptors (Lipinski definition) is 3. The molecule has 168 valence electrons. The Morgan fingerprint density at radius 1 is 0.844 bits per heavy atom. The molecule has 1 atom stereocenters. The summed E-state index contributed by atoms with van der Waals surface area (Å²) in [7, 11) is -3.80. The first-order chi connectivity index (χ1) is 15.3. The smallest absolute Gasteiger partial charge is 0.247 e. The minimum atomic E-state index is -3.80. The lowest BCUT2D eigenvalue weighted by atomic mass is 10.1. The summed E-state index contributed by atoms with van der Waals surface area (Å²) in [4.78, 5) is 15.4. The zero-order valence-electron chi connectivity index (χ0n) is 18.2. The zero-order valence-corrected chi connectivity index (χ0v) is 19.0. The van der Waals surface area contributed by atoms with Gasteiger partial charge in [0.05, 0.1) is 11.9 Å². The van der Waals surface area contributed by atoms with Crippen LogP contribution in [0.15, 0.2) is 84.9 Å². The quantitative estimate of drug-likeness (QED) is 0.475. The monoisotopic (exact) mass is 454 g/mol. The molecule has 32 heavy (non-hydrogen) atoms. The van der Waals surface area contributed by atoms with Crippen molar-refractivity contribution in [3.8, 4) is 0 Å². The van der Waals surface area contributed by atoms with E-state index in [4.69, 9.17) is 0 Å². The third-order valence-corrected chi connectivity index (χ3v) is 6.32. The molecule has 0 aliphatic rings. The van der Waals surface area contributed by atoms with Crippen LogP contribution in [0.2, 0.25) is 0 Å². The first-order valence-electron chi connectivity index (χ1n) is 10.4. The molecule has 0 heterocycles. The van der Waals surface area contributed by atoms with Crippen LogP contribution in [-0.4, -0.2) is 31.5 Å². The lowest BCUT2D eigenvalue weighted by molar-refractivity contribution is -0.133. The largest absolute Gasteiger partial charge is 0.332 e. The van der Waals surface area contributed by atoms with Gasteiger partial charge in [-0.1, -0.05) is 67.6 Å². The molecule has 0 aliphatic heterocycles. The Hall–Kier alpha value is -3.19. The molecule has 3 aromatic rings. The fraction of sp³-hybridized carbons (Fsp3) is 0.240. The van der Waals surface area contributed by atoms with Gasteiger partial charge < -0.3 is 4.90 Å². The Labute approximate surface area is 189 Å². The van der Waals surface area contributed by atoms with E-state index in [9.17, 15) is 17.6 Å². The van der Waals surface area contributed by atoms with Crippen molar-refractivity contribution in [3.05, 3.63) is 102 Å². The second-order valence-electron chi connectivity index (χ2n) is 7.62. The molecule has 0 saturated heterocycles. The van der Waals surface area contributed by atoms with E-state index in [1.54, 1.807) is 11.8 Å². The summed E-state index contributed by atoms with van der Waals surface area (Å²) in [6.07, 6.45) is 1.33. The average molecular weight is 455 g/mol. The summed E-state index contributed by atoms with van der Waals surface area (Å²) in [5.74, 6) is -0.786. The molecule has 5 nitrogen and oxygen atoms in total. The third kappa shape index (κ3) is 5.95. The van der Waals surface area contributed by atoms with E-state index in [1.807, 2.05) is 60.7 Å². The maximum absolute atomic E-state index is 13.8. The molecule has 0 aromatic heterocycles. The number of amides is 1. The highest BCUT2D eigenvalue weighted by Crippen LogP contribution is 2.25. The van der Waals surface area contributed by atoms with Gasteiger partial charge in [0.25, 0.3) is 0 Å². The van der Waals surface area contributed by atoms with E-state index in [0.29, 0.717) is 13.1 Å². The van der Waals surface area contributed by atoms with Crippen molar-refractivity contribution in [2.75, 3.05) is 10.6 Å². The summed E-state index contributed by atoms with van der Waals surface area (Å²) in [6, 6.07) is 23.3. The van der Waals surface area contributed by atoms with Gasteiger partial charge in [-0.05, 0) is 41.8 Å². The minimum Gasteiger partial charge on any atom is -0.332 e. The minimum absolute atomic E-state index is 0.258. The van der Waals surface area contributed by atoms with Crippen LogP contribution in [0.4, 0.5) is 10.1 Å². The predicted molar refractivity (Wildman–Crippen MR) is 125 cm³/mol. The Bertz CT molecular complexity index is 1080. The lowest BCUT2D eigenvalue weighted by Gasteiger charge is -2.34. The van der Waals surface area contributed by atoms with Gasteiger partial charge in [-0.15, -0.1) is 0 Å². The maximum Gasteiger partial charge on any atom is 0.247 e. The van der Waals surface area contributed by atoms with Crippen molar-refractivity contribution >= 4 is 21.6 Å². The predicted octanol–water partition coefficient (Wildman–Crippen LogP) is 4.60. The first-order valence-corrected chi connectivity index (χ1v) is 12.3. The van der Waals surface area contributed by atoms with Gasteiger partial charge in [0.1, 0.15) is 11.9 Å². The number of nitrogens with zero attached hydrogens (tertiary/aromatic N) is 2. The zero-order chi connectivity index (χ0) is 23.1. The van der Waals surface area contributed by atoms with Gasteiger partial charge in [0.15, 0.2) is 0 Å². The van der Waals surface area contributed by atoms with Crippen molar-refractivity contribution in [3.63, 3.8) is 0 Å². The molecule has 0 aliphatic carbocycles. The molecule has 0 radical (unpaired) electrons. The molecule has 0 N–H and O–H groups in total. The van der Waals surface area contributed by atoms with E-state index in [0.717, 1.165) is 21.7 Å². The van der Waals surface area contributed by atoms with Crippen LogP contribution in [0.1, 0.15) is 24.5 Å². The van der Waals surface area contributed by atoms with Gasteiger partial charge in [-0.3, -0.25) is 9.10 Å². The molecular formula is C25H27FN2O3S. The highest BCUT2D eigenvalue weighted by Gasteiger charge is 2.34. The highest BCUT2D eigenvalue weighted by molar-refractivity contribution is 7.92. The fourth-order valence-electron chi connectivity index (χ4n) is 3.66. The van der Waals surface area contributed by atoms with Crippen molar-refractivity contribution in [2.45, 2.75) is 32.5 Å². The molecule has 1 amide bonds. The van der Waals surface area contributed by atoms with Crippen LogP contribution >= 0.6 is 0 Å². The summed E-state index contributed by atoms with van der Waals surface area (Å²) < 4.78 is 40.0. The molecule has 0 spiro atoms. The number of carbonyl (C=O) groups is 1. The van der Waals surface area contributed by atoms with Crippen molar-refractivity contribution in [1.29, 1.82) is 0 Å².